The van der Waals surface area contributed by atoms with E-state index in [1.165, 1.54) is 0 Å². The summed E-state index contributed by atoms with van der Waals surface area (Å²) in [7, 11) is -8.31. The monoisotopic (exact) mass is 1360 g/mol. The smallest absolute Gasteiger partial charge is 0.264 e. The lowest BCUT2D eigenvalue weighted by atomic mass is 9.88. The highest BCUT2D eigenvalue weighted by Gasteiger charge is 2.36. The number of aromatic amines is 2. The molecule has 25 nitrogen and oxygen atoms in total. The summed E-state index contributed by atoms with van der Waals surface area (Å²) in [6.45, 7) is 20.4. The maximum Gasteiger partial charge on any atom is 0.264 e. The van der Waals surface area contributed by atoms with Crippen LogP contribution in [0.15, 0.2) is 80.7 Å². The molecule has 4 atom stereocenters. The number of ether oxygens (including phenoxy) is 2. The molecule has 0 fully saturated rings. The number of benzene rings is 4. The van der Waals surface area contributed by atoms with Crippen molar-refractivity contribution in [3.63, 3.8) is 0 Å². The molecule has 0 radical (unpaired) electrons. The van der Waals surface area contributed by atoms with Gasteiger partial charge in [0.15, 0.2) is 0 Å². The number of H-pyrrole nitrogens is 2. The van der Waals surface area contributed by atoms with Crippen LogP contribution in [0.4, 0.5) is 0 Å². The molecule has 27 heteroatoms. The number of nitrogens with zero attached hydrogens (tertiary/aromatic N) is 2. The van der Waals surface area contributed by atoms with Crippen LogP contribution in [0.25, 0.3) is 21.8 Å². The molecular weight excluding hydrogens is 1260 g/mol. The van der Waals surface area contributed by atoms with E-state index in [0.717, 1.165) is 80.9 Å². The molecule has 0 spiro atoms. The predicted octanol–water partition coefficient (Wildman–Crippen LogP) is 5.26. The van der Waals surface area contributed by atoms with Crippen LogP contribution in [-0.4, -0.2) is 137 Å². The first-order valence-electron chi connectivity index (χ1n) is 33.1. The van der Waals surface area contributed by atoms with E-state index in [1.807, 2.05) is 102 Å². The predicted molar refractivity (Wildman–Crippen MR) is 376 cm³/mol. The number of nitrogens with one attached hydrogen (secondary N) is 9. The Balaban J connectivity index is 0.807. The van der Waals surface area contributed by atoms with E-state index >= 15 is 0 Å². The molecule has 4 heterocycles. The molecule has 4 aromatic carbocycles. The molecule has 0 bridgehead atoms. The number of amides is 4. The lowest BCUT2D eigenvalue weighted by Crippen LogP contribution is -2.52. The fraction of sp³-hybridized carbons (Fsp3) is 0.507. The second-order valence-electron chi connectivity index (χ2n) is 26.6. The van der Waals surface area contributed by atoms with Crippen molar-refractivity contribution in [2.24, 2.45) is 32.9 Å². The van der Waals surface area contributed by atoms with E-state index in [-0.39, 0.29) is 91.1 Å². The zero-order chi connectivity index (χ0) is 69.9. The summed E-state index contributed by atoms with van der Waals surface area (Å²) in [5.41, 5.74) is 33.6. The van der Waals surface area contributed by atoms with Gasteiger partial charge in [-0.3, -0.25) is 29.2 Å². The third-order valence-corrected chi connectivity index (χ3v) is 21.6. The van der Waals surface area contributed by atoms with E-state index < -0.39 is 67.8 Å². The van der Waals surface area contributed by atoms with Gasteiger partial charge in [-0.05, 0) is 221 Å². The van der Waals surface area contributed by atoms with Crippen molar-refractivity contribution in [1.29, 1.82) is 0 Å². The average Bonchev–Trinajstić information content (AvgIpc) is 1.05. The summed E-state index contributed by atoms with van der Waals surface area (Å²) < 4.78 is 73.0. The van der Waals surface area contributed by atoms with Gasteiger partial charge in [-0.25, -0.2) is 26.3 Å². The number of carbonyl (C=O) groups is 4. The van der Waals surface area contributed by atoms with Gasteiger partial charge in [0.2, 0.25) is 35.5 Å². The standard InChI is InChI=1S/C69H99N15O10S2/c1-40-42(3)60(44(5)48-26-28-68(7,8)93-58(40)48)95(89,90)83-66(72)77-32-18-24-56(81-62(85)52(70)36-46-38-79-54-22-14-12-20-50(46)54)64(87)75-31-17-11-16-30-74-34-35-76-65(88)57(82-63(86)53(71)37-47-39-80-55-23-15-13-21-51(47)55)25-19-33-78-67(73)84-96(91,92)61-43(4)41(2)59-49(45(61)6)27-29-69(9,10)94-59/h12-15,20-23,38-39,52-53,56-57,74,79-80H,11,16-19,24-37,70-71H2,1-10H3,(H,75,87)(H,76,88)(H,81,85)(H,82,86)(H3,72,77,83)(H3,73,78,84)/t52-,53-,56-,57-/m1/s1. The first kappa shape index (κ1) is 73.6. The Kier molecular flexibility index (Phi) is 24.3. The van der Waals surface area contributed by atoms with Crippen molar-refractivity contribution in [2.75, 3.05) is 39.3 Å². The Hall–Kier alpha value is -8.24. The minimum Gasteiger partial charge on any atom is -0.487 e. The zero-order valence-corrected chi connectivity index (χ0v) is 58.8. The summed E-state index contributed by atoms with van der Waals surface area (Å²) >= 11 is 0. The van der Waals surface area contributed by atoms with Crippen LogP contribution in [0.2, 0.25) is 0 Å². The van der Waals surface area contributed by atoms with Gasteiger partial charge >= 0.3 is 0 Å². The van der Waals surface area contributed by atoms with Gasteiger partial charge in [0, 0.05) is 66.9 Å². The number of carbonyl (C=O) groups excluding carboxylic acids is 4. The summed E-state index contributed by atoms with van der Waals surface area (Å²) in [5, 5.41) is 16.7. The third kappa shape index (κ3) is 18.4. The molecule has 0 saturated carbocycles. The molecule has 522 valence electrons. The van der Waals surface area contributed by atoms with E-state index in [1.54, 1.807) is 27.7 Å². The maximum absolute atomic E-state index is 13.9. The quantitative estimate of drug-likeness (QED) is 0.0150. The fourth-order valence-corrected chi connectivity index (χ4v) is 15.7. The fourth-order valence-electron chi connectivity index (χ4n) is 12.7. The number of aliphatic imine (C=N–C) groups is 2. The van der Waals surface area contributed by atoms with Gasteiger partial charge in [-0.2, -0.15) is 0 Å². The summed E-state index contributed by atoms with van der Waals surface area (Å²) in [6.07, 6.45) is 9.72. The van der Waals surface area contributed by atoms with Gasteiger partial charge in [-0.1, -0.05) is 42.8 Å². The van der Waals surface area contributed by atoms with Crippen molar-refractivity contribution in [3.05, 3.63) is 117 Å². The molecule has 96 heavy (non-hydrogen) atoms. The van der Waals surface area contributed by atoms with Gasteiger partial charge in [-0.15, -0.1) is 0 Å². The minimum atomic E-state index is -4.15. The number of para-hydroxylation sites is 2. The molecular formula is C69H99N15O10S2. The molecule has 17 N–H and O–H groups in total. The number of unbranched alkanes of at least 4 members (excludes halogenated alkanes) is 2. The summed E-state index contributed by atoms with van der Waals surface area (Å²) in [4.78, 5) is 70.2. The van der Waals surface area contributed by atoms with Crippen LogP contribution in [0.1, 0.15) is 141 Å². The first-order chi connectivity index (χ1) is 45.4. The Morgan fingerprint density at radius 1 is 0.531 bits per heavy atom. The number of rotatable bonds is 31. The molecule has 0 unspecified atom stereocenters. The van der Waals surface area contributed by atoms with Crippen LogP contribution in [-0.2, 0) is 64.9 Å². The normalized spacial score (nSPS) is 15.9. The first-order valence-corrected chi connectivity index (χ1v) is 36.1. The topological polar surface area (TPSA) is 400 Å². The Morgan fingerprint density at radius 2 is 0.938 bits per heavy atom. The van der Waals surface area contributed by atoms with Crippen molar-refractivity contribution in [3.8, 4) is 11.5 Å². The molecule has 2 aliphatic heterocycles. The van der Waals surface area contributed by atoms with Crippen molar-refractivity contribution in [1.82, 2.24) is 46.0 Å². The Morgan fingerprint density at radius 3 is 1.38 bits per heavy atom. The number of sulfonamides is 2. The van der Waals surface area contributed by atoms with E-state index in [0.29, 0.717) is 72.6 Å². The van der Waals surface area contributed by atoms with E-state index in [9.17, 15) is 36.0 Å². The Bertz CT molecular complexity index is 3860. The molecule has 2 aliphatic rings. The largest absolute Gasteiger partial charge is 0.487 e. The van der Waals surface area contributed by atoms with Crippen molar-refractivity contribution >= 4 is 77.4 Å². The minimum absolute atomic E-state index is 0.0396. The lowest BCUT2D eigenvalue weighted by Gasteiger charge is -2.35. The second kappa shape index (κ2) is 31.8. The molecule has 0 saturated heterocycles. The van der Waals surface area contributed by atoms with E-state index in [2.05, 4.69) is 56.0 Å². The van der Waals surface area contributed by atoms with Crippen LogP contribution in [0, 0.1) is 41.5 Å². The Labute approximate surface area is 564 Å². The molecule has 2 aromatic heterocycles. The summed E-state index contributed by atoms with van der Waals surface area (Å²) in [6, 6.07) is 11.4. The van der Waals surface area contributed by atoms with Gasteiger partial charge in [0.1, 0.15) is 34.8 Å². The van der Waals surface area contributed by atoms with Gasteiger partial charge in [0.25, 0.3) is 20.0 Å². The molecule has 6 aromatic rings. The van der Waals surface area contributed by atoms with Gasteiger partial charge in [0.05, 0.1) is 21.9 Å². The van der Waals surface area contributed by atoms with Crippen molar-refractivity contribution in [2.45, 2.75) is 198 Å². The highest BCUT2D eigenvalue weighted by atomic mass is 32.2. The highest BCUT2D eigenvalue weighted by molar-refractivity contribution is 7.90. The van der Waals surface area contributed by atoms with Crippen molar-refractivity contribution < 1.29 is 45.5 Å². The molecule has 4 amide bonds. The average molecular weight is 1360 g/mol. The zero-order valence-electron chi connectivity index (χ0n) is 57.1. The number of aromatic nitrogens is 2. The number of fused-ring (bicyclic) bond motifs is 4. The van der Waals surface area contributed by atoms with E-state index in [4.69, 9.17) is 32.4 Å². The maximum atomic E-state index is 13.9. The highest BCUT2D eigenvalue weighted by Crippen LogP contribution is 2.44. The molecule has 8 rings (SSSR count). The van der Waals surface area contributed by atoms with Crippen LogP contribution >= 0.6 is 0 Å². The van der Waals surface area contributed by atoms with Crippen LogP contribution in [0.3, 0.4) is 0 Å². The second-order valence-corrected chi connectivity index (χ2v) is 29.9. The third-order valence-electron chi connectivity index (χ3n) is 18.3. The SMILES string of the molecule is Cc1c(C)c(S(=O)(=O)NC(N)=NCCC[C@@H](NC(=O)[C@H](N)Cc2c[nH]c3ccccc23)C(=O)NCCCCCNCCNC(=O)[C@@H](CCCN=C(N)NS(=O)(=O)c2c(C)c(C)c3c(c2C)CCC(C)(C)O3)NC(=O)[C@H](N)Cc2c[nH]c3ccccc23)c(C)c2c1OC(C)(C)CC2. The number of hydrogen-bond donors (Lipinski definition) is 13. The summed E-state index contributed by atoms with van der Waals surface area (Å²) in [5.74, 6) is -1.09. The number of nitrogens with two attached hydrogens (primary N) is 4. The number of guanidine groups is 2. The lowest BCUT2D eigenvalue weighted by molar-refractivity contribution is -0.129. The molecule has 0 aliphatic carbocycles. The number of hydrogen-bond acceptors (Lipinski definition) is 15. The van der Waals surface area contributed by atoms with Crippen LogP contribution < -0.4 is 68.4 Å². The van der Waals surface area contributed by atoms with Gasteiger partial charge < -0.3 is 69.0 Å². The van der Waals surface area contributed by atoms with Crippen LogP contribution in [0.5, 0.6) is 11.5 Å².